The molecule has 88 valence electrons. The first kappa shape index (κ1) is 12.5. The molecule has 0 aromatic carbocycles. The molecule has 0 amide bonds. The number of rotatable bonds is 2. The number of hydrogen-bond acceptors (Lipinski definition) is 1. The van der Waals surface area contributed by atoms with Crippen LogP contribution in [0.2, 0.25) is 0 Å². The molecule has 1 aliphatic heterocycles. The largest absolute Gasteiger partial charge is 0.441 e. The van der Waals surface area contributed by atoms with Crippen molar-refractivity contribution >= 4 is 5.90 Å². The highest BCUT2D eigenvalue weighted by atomic mass is 16.5. The maximum absolute atomic E-state index is 5.87. The lowest BCUT2D eigenvalue weighted by atomic mass is 9.86. The van der Waals surface area contributed by atoms with Gasteiger partial charge in [-0.3, -0.25) is 0 Å². The van der Waals surface area contributed by atoms with E-state index in [4.69, 9.17) is 4.74 Å². The van der Waals surface area contributed by atoms with Crippen molar-refractivity contribution in [3.05, 3.63) is 0 Å². The maximum atomic E-state index is 5.87. The Balaban J connectivity index is 3.06. The molecule has 1 heterocycles. The number of hydrogen-bond donors (Lipinski definition) is 0. The molecule has 0 aromatic rings. The Morgan fingerprint density at radius 2 is 1.73 bits per heavy atom. The topological polar surface area (TPSA) is 12.2 Å². The van der Waals surface area contributed by atoms with Crippen molar-refractivity contribution < 1.29 is 9.31 Å². The zero-order valence-corrected chi connectivity index (χ0v) is 11.3. The Morgan fingerprint density at radius 3 is 2.07 bits per heavy atom. The molecule has 0 spiro atoms. The normalized spacial score (nSPS) is 22.9. The van der Waals surface area contributed by atoms with E-state index in [-0.39, 0.29) is 5.41 Å². The highest BCUT2D eigenvalue weighted by Gasteiger charge is 2.44. The summed E-state index contributed by atoms with van der Waals surface area (Å²) in [5.41, 5.74) is 0.279. The fraction of sp³-hybridized carbons (Fsp3) is 0.923. The van der Waals surface area contributed by atoms with Crippen molar-refractivity contribution in [2.24, 2.45) is 11.3 Å². The molecule has 0 bridgehead atoms. The van der Waals surface area contributed by atoms with Gasteiger partial charge in [-0.25, -0.2) is 0 Å². The van der Waals surface area contributed by atoms with Gasteiger partial charge in [0.1, 0.15) is 0 Å². The first-order valence-electron chi connectivity index (χ1n) is 6.03. The second-order valence-electron chi connectivity index (χ2n) is 6.19. The second kappa shape index (κ2) is 4.15. The molecule has 0 unspecified atom stereocenters. The van der Waals surface area contributed by atoms with Gasteiger partial charge in [0.25, 0.3) is 0 Å². The van der Waals surface area contributed by atoms with Gasteiger partial charge in [0, 0.05) is 5.41 Å². The third-order valence-corrected chi connectivity index (χ3v) is 3.03. The van der Waals surface area contributed by atoms with E-state index < -0.39 is 0 Å². The van der Waals surface area contributed by atoms with E-state index in [1.54, 1.807) is 0 Å². The van der Waals surface area contributed by atoms with Crippen molar-refractivity contribution in [1.82, 2.24) is 0 Å². The summed E-state index contributed by atoms with van der Waals surface area (Å²) in [6.45, 7) is 16.6. The molecule has 0 aliphatic carbocycles. The van der Waals surface area contributed by atoms with Crippen molar-refractivity contribution in [2.45, 2.75) is 60.5 Å². The lowest BCUT2D eigenvalue weighted by Crippen LogP contribution is -2.41. The van der Waals surface area contributed by atoms with Gasteiger partial charge in [-0.1, -0.05) is 20.8 Å². The lowest BCUT2D eigenvalue weighted by Gasteiger charge is -2.24. The SMILES string of the molecule is CC(C)C1=[N+](C(C)C)[C@H](C(C)(C)C)CO1. The number of nitrogens with zero attached hydrogens (tertiary/aromatic N) is 1. The zero-order chi connectivity index (χ0) is 11.8. The predicted molar refractivity (Wildman–Crippen MR) is 64.4 cm³/mol. The van der Waals surface area contributed by atoms with Gasteiger partial charge < -0.3 is 4.74 Å². The van der Waals surface area contributed by atoms with Gasteiger partial charge in [0.2, 0.25) is 0 Å². The van der Waals surface area contributed by atoms with Crippen LogP contribution in [0.3, 0.4) is 0 Å². The molecule has 0 radical (unpaired) electrons. The van der Waals surface area contributed by atoms with Gasteiger partial charge in [-0.15, -0.1) is 0 Å². The van der Waals surface area contributed by atoms with Crippen molar-refractivity contribution in [3.63, 3.8) is 0 Å². The van der Waals surface area contributed by atoms with Crippen LogP contribution >= 0.6 is 0 Å². The van der Waals surface area contributed by atoms with Crippen LogP contribution in [0.1, 0.15) is 48.5 Å². The standard InChI is InChI=1S/C13H26NO/c1-9(2)12-14(10(3)4)11(8-15-12)13(5,6)7/h9-11H,8H2,1-7H3/q+1/t11-/m0/s1. The summed E-state index contributed by atoms with van der Waals surface area (Å²) >= 11 is 0. The minimum Gasteiger partial charge on any atom is -0.441 e. The quantitative estimate of drug-likeness (QED) is 0.641. The van der Waals surface area contributed by atoms with Gasteiger partial charge in [0.05, 0.1) is 5.92 Å². The third kappa shape index (κ3) is 2.53. The molecule has 1 rings (SSSR count). The van der Waals surface area contributed by atoms with Crippen LogP contribution in [-0.2, 0) is 4.74 Å². The Hall–Kier alpha value is -0.530. The van der Waals surface area contributed by atoms with E-state index in [1.165, 1.54) is 5.90 Å². The average Bonchev–Trinajstić information content (AvgIpc) is 2.45. The van der Waals surface area contributed by atoms with Crippen LogP contribution in [0, 0.1) is 11.3 Å². The number of ether oxygens (including phenoxy) is 1. The lowest BCUT2D eigenvalue weighted by molar-refractivity contribution is -0.600. The minimum absolute atomic E-state index is 0.279. The second-order valence-corrected chi connectivity index (χ2v) is 6.19. The van der Waals surface area contributed by atoms with E-state index in [2.05, 4.69) is 53.0 Å². The Kier molecular flexibility index (Phi) is 3.47. The van der Waals surface area contributed by atoms with Crippen LogP contribution in [0.4, 0.5) is 0 Å². The monoisotopic (exact) mass is 212 g/mol. The van der Waals surface area contributed by atoms with Gasteiger partial charge in [-0.2, -0.15) is 4.58 Å². The molecule has 2 nitrogen and oxygen atoms in total. The Bertz CT molecular complexity index is 258. The molecule has 0 aromatic heterocycles. The van der Waals surface area contributed by atoms with E-state index in [1.807, 2.05) is 0 Å². The average molecular weight is 212 g/mol. The smallest absolute Gasteiger partial charge is 0.339 e. The fourth-order valence-electron chi connectivity index (χ4n) is 2.22. The summed E-state index contributed by atoms with van der Waals surface area (Å²) in [4.78, 5) is 0. The Morgan fingerprint density at radius 1 is 1.20 bits per heavy atom. The van der Waals surface area contributed by atoms with Crippen LogP contribution < -0.4 is 0 Å². The first-order valence-corrected chi connectivity index (χ1v) is 6.03. The minimum atomic E-state index is 0.279. The molecule has 0 fully saturated rings. The summed E-state index contributed by atoms with van der Waals surface area (Å²) in [5, 5.41) is 0. The van der Waals surface area contributed by atoms with Crippen LogP contribution in [0.5, 0.6) is 0 Å². The zero-order valence-electron chi connectivity index (χ0n) is 11.3. The van der Waals surface area contributed by atoms with E-state index in [9.17, 15) is 0 Å². The van der Waals surface area contributed by atoms with Gasteiger partial charge >= 0.3 is 5.90 Å². The van der Waals surface area contributed by atoms with Crippen LogP contribution in [-0.4, -0.2) is 29.2 Å². The molecule has 1 aliphatic rings. The van der Waals surface area contributed by atoms with Crippen molar-refractivity contribution in [2.75, 3.05) is 6.61 Å². The summed E-state index contributed by atoms with van der Waals surface area (Å²) < 4.78 is 8.33. The van der Waals surface area contributed by atoms with E-state index in [0.29, 0.717) is 18.0 Å². The molecule has 2 heteroatoms. The van der Waals surface area contributed by atoms with Gasteiger partial charge in [-0.05, 0) is 27.7 Å². The molecule has 15 heavy (non-hydrogen) atoms. The van der Waals surface area contributed by atoms with E-state index in [0.717, 1.165) is 6.61 Å². The highest BCUT2D eigenvalue weighted by Crippen LogP contribution is 2.28. The molecule has 0 saturated carbocycles. The molecule has 0 saturated heterocycles. The first-order chi connectivity index (χ1) is 6.75. The van der Waals surface area contributed by atoms with Crippen molar-refractivity contribution in [1.29, 1.82) is 0 Å². The van der Waals surface area contributed by atoms with E-state index >= 15 is 0 Å². The van der Waals surface area contributed by atoms with Crippen molar-refractivity contribution in [3.8, 4) is 0 Å². The molecular formula is C13H26NO+. The third-order valence-electron chi connectivity index (χ3n) is 3.03. The van der Waals surface area contributed by atoms with Gasteiger partial charge in [0.15, 0.2) is 18.7 Å². The Labute approximate surface area is 94.3 Å². The summed E-state index contributed by atoms with van der Waals surface area (Å²) in [6.07, 6.45) is 0. The highest BCUT2D eigenvalue weighted by molar-refractivity contribution is 5.74. The summed E-state index contributed by atoms with van der Waals surface area (Å²) in [7, 11) is 0. The summed E-state index contributed by atoms with van der Waals surface area (Å²) in [5.74, 6) is 1.66. The van der Waals surface area contributed by atoms with Crippen LogP contribution in [0.25, 0.3) is 0 Å². The van der Waals surface area contributed by atoms with Crippen LogP contribution in [0.15, 0.2) is 0 Å². The maximum Gasteiger partial charge on any atom is 0.339 e. The fourth-order valence-corrected chi connectivity index (χ4v) is 2.22. The molecule has 0 N–H and O–H groups in total. The predicted octanol–water partition coefficient (Wildman–Crippen LogP) is 2.91. The molecule has 1 atom stereocenters. The molecular weight excluding hydrogens is 186 g/mol. The summed E-state index contributed by atoms with van der Waals surface area (Å²) in [6, 6.07) is 1.03.